The third-order valence-corrected chi connectivity index (χ3v) is 4.74. The molecular formula is C12H24NO5P. The highest BCUT2D eigenvalue weighted by atomic mass is 31.2. The van der Waals surface area contributed by atoms with Gasteiger partial charge in [0.1, 0.15) is 0 Å². The molecule has 4 N–H and O–H groups in total. The van der Waals surface area contributed by atoms with Crippen molar-refractivity contribution in [3.05, 3.63) is 0 Å². The molecule has 19 heavy (non-hydrogen) atoms. The van der Waals surface area contributed by atoms with Crippen LogP contribution in [0.4, 0.5) is 0 Å². The Morgan fingerprint density at radius 3 is 2.21 bits per heavy atom. The zero-order valence-electron chi connectivity index (χ0n) is 11.8. The molecule has 0 aliphatic heterocycles. The van der Waals surface area contributed by atoms with Crippen molar-refractivity contribution in [3.63, 3.8) is 0 Å². The van der Waals surface area contributed by atoms with E-state index in [9.17, 15) is 19.0 Å². The van der Waals surface area contributed by atoms with Crippen molar-refractivity contribution in [2.45, 2.75) is 40.0 Å². The van der Waals surface area contributed by atoms with Gasteiger partial charge < -0.3 is 15.7 Å². The number of carbonyl (C=O) groups excluding carboxylic acids is 1. The second-order valence-corrected chi connectivity index (χ2v) is 8.61. The van der Waals surface area contributed by atoms with Gasteiger partial charge in [-0.2, -0.15) is 0 Å². The van der Waals surface area contributed by atoms with Gasteiger partial charge in [-0.15, -0.1) is 0 Å². The third kappa shape index (κ3) is 9.68. The van der Waals surface area contributed by atoms with Crippen LogP contribution in [0.2, 0.25) is 0 Å². The third-order valence-electron chi connectivity index (χ3n) is 2.81. The minimum absolute atomic E-state index is 0.00470. The summed E-state index contributed by atoms with van der Waals surface area (Å²) in [7, 11) is -3.49. The SMILES string of the molecule is CC(C)(C)CCP(=O)(O)CC(CCC(N)=O)C(=O)O. The molecule has 0 aliphatic carbocycles. The molecule has 6 nitrogen and oxygen atoms in total. The zero-order valence-corrected chi connectivity index (χ0v) is 12.7. The molecule has 0 saturated carbocycles. The lowest BCUT2D eigenvalue weighted by Crippen LogP contribution is -2.22. The molecule has 1 amide bonds. The Morgan fingerprint density at radius 2 is 1.84 bits per heavy atom. The molecule has 0 rings (SSSR count). The van der Waals surface area contributed by atoms with E-state index in [2.05, 4.69) is 0 Å². The first-order valence-electron chi connectivity index (χ1n) is 6.25. The van der Waals surface area contributed by atoms with Crippen LogP contribution in [0.25, 0.3) is 0 Å². The molecule has 0 aromatic heterocycles. The number of rotatable bonds is 8. The summed E-state index contributed by atoms with van der Waals surface area (Å²) >= 11 is 0. The number of amides is 1. The van der Waals surface area contributed by atoms with Gasteiger partial charge in [-0.05, 0) is 18.3 Å². The van der Waals surface area contributed by atoms with Crippen molar-refractivity contribution in [2.24, 2.45) is 17.1 Å². The Labute approximate surface area is 113 Å². The molecule has 0 aliphatic rings. The number of hydrogen-bond acceptors (Lipinski definition) is 3. The summed E-state index contributed by atoms with van der Waals surface area (Å²) in [6, 6.07) is 0. The van der Waals surface area contributed by atoms with Gasteiger partial charge in [-0.3, -0.25) is 14.2 Å². The van der Waals surface area contributed by atoms with Gasteiger partial charge in [-0.25, -0.2) is 0 Å². The lowest BCUT2D eigenvalue weighted by atomic mass is 9.94. The summed E-state index contributed by atoms with van der Waals surface area (Å²) in [6.07, 6.45) is 0.256. The first kappa shape index (κ1) is 18.1. The molecule has 0 aromatic rings. The molecule has 2 atom stereocenters. The number of aliphatic carboxylic acids is 1. The minimum Gasteiger partial charge on any atom is -0.481 e. The average Bonchev–Trinajstić information content (AvgIpc) is 2.20. The maximum atomic E-state index is 12.0. The lowest BCUT2D eigenvalue weighted by Gasteiger charge is -2.22. The highest BCUT2D eigenvalue weighted by Gasteiger charge is 2.30. The number of carboxylic acid groups (broad SMARTS) is 1. The Hall–Kier alpha value is -0.870. The fraction of sp³-hybridized carbons (Fsp3) is 0.833. The molecule has 0 radical (unpaired) electrons. The molecule has 0 bridgehead atoms. The molecule has 2 unspecified atom stereocenters. The normalized spacial score (nSPS) is 16.6. The van der Waals surface area contributed by atoms with Crippen molar-refractivity contribution in [2.75, 3.05) is 12.3 Å². The van der Waals surface area contributed by atoms with Crippen LogP contribution < -0.4 is 5.73 Å². The van der Waals surface area contributed by atoms with E-state index in [1.54, 1.807) is 0 Å². The van der Waals surface area contributed by atoms with Crippen LogP contribution in [0.1, 0.15) is 40.0 Å². The quantitative estimate of drug-likeness (QED) is 0.588. The summed E-state index contributed by atoms with van der Waals surface area (Å²) in [5.74, 6) is -2.76. The average molecular weight is 293 g/mol. The summed E-state index contributed by atoms with van der Waals surface area (Å²) in [5.41, 5.74) is 4.88. The molecule has 0 saturated heterocycles. The highest BCUT2D eigenvalue weighted by Crippen LogP contribution is 2.45. The maximum absolute atomic E-state index is 12.0. The van der Waals surface area contributed by atoms with Crippen molar-refractivity contribution in [1.82, 2.24) is 0 Å². The topological polar surface area (TPSA) is 118 Å². The predicted octanol–water partition coefficient (Wildman–Crippen LogP) is 1.66. The summed E-state index contributed by atoms with van der Waals surface area (Å²) < 4.78 is 12.0. The van der Waals surface area contributed by atoms with Crippen LogP contribution >= 0.6 is 7.37 Å². The number of carbonyl (C=O) groups is 2. The van der Waals surface area contributed by atoms with Crippen LogP contribution in [0, 0.1) is 11.3 Å². The number of carboxylic acids is 1. The van der Waals surface area contributed by atoms with Gasteiger partial charge in [0.05, 0.1) is 5.92 Å². The van der Waals surface area contributed by atoms with Gasteiger partial charge in [0.15, 0.2) is 0 Å². The van der Waals surface area contributed by atoms with Crippen LogP contribution in [-0.4, -0.2) is 34.2 Å². The molecule has 0 spiro atoms. The van der Waals surface area contributed by atoms with Gasteiger partial charge in [-0.1, -0.05) is 20.8 Å². The number of nitrogens with two attached hydrogens (primary N) is 1. The summed E-state index contributed by atoms with van der Waals surface area (Å²) in [4.78, 5) is 31.5. The Morgan fingerprint density at radius 1 is 1.32 bits per heavy atom. The first-order chi connectivity index (χ1) is 8.43. The molecule has 0 fully saturated rings. The van der Waals surface area contributed by atoms with E-state index in [0.717, 1.165) is 0 Å². The van der Waals surface area contributed by atoms with Crippen LogP contribution in [0.5, 0.6) is 0 Å². The molecular weight excluding hydrogens is 269 g/mol. The number of primary amides is 1. The van der Waals surface area contributed by atoms with Gasteiger partial charge >= 0.3 is 5.97 Å². The molecule has 7 heteroatoms. The van der Waals surface area contributed by atoms with Crippen LogP contribution in [0.3, 0.4) is 0 Å². The van der Waals surface area contributed by atoms with E-state index in [4.69, 9.17) is 10.8 Å². The smallest absolute Gasteiger partial charge is 0.307 e. The molecule has 0 aromatic carbocycles. The summed E-state index contributed by atoms with van der Waals surface area (Å²) in [5, 5.41) is 8.99. The summed E-state index contributed by atoms with van der Waals surface area (Å²) in [6.45, 7) is 5.86. The Balaban J connectivity index is 4.51. The number of hydrogen-bond donors (Lipinski definition) is 3. The molecule has 0 heterocycles. The van der Waals surface area contributed by atoms with Gasteiger partial charge in [0.2, 0.25) is 13.3 Å². The molecule has 112 valence electrons. The zero-order chi connectivity index (χ0) is 15.3. The van der Waals surface area contributed by atoms with E-state index in [0.29, 0.717) is 6.42 Å². The second kappa shape index (κ2) is 7.06. The van der Waals surface area contributed by atoms with E-state index in [-0.39, 0.29) is 30.6 Å². The van der Waals surface area contributed by atoms with Crippen molar-refractivity contribution < 1.29 is 24.2 Å². The minimum atomic E-state index is -3.49. The monoisotopic (exact) mass is 293 g/mol. The van der Waals surface area contributed by atoms with Crippen LogP contribution in [-0.2, 0) is 14.2 Å². The Kier molecular flexibility index (Phi) is 6.73. The highest BCUT2D eigenvalue weighted by molar-refractivity contribution is 7.58. The fourth-order valence-corrected chi connectivity index (χ4v) is 3.79. The lowest BCUT2D eigenvalue weighted by molar-refractivity contribution is -0.141. The Bertz CT molecular complexity index is 375. The van der Waals surface area contributed by atoms with Gasteiger partial charge in [0, 0.05) is 18.7 Å². The standard InChI is InChI=1S/C12H24NO5P/c1-12(2,3)6-7-19(17,18)8-9(11(15)16)4-5-10(13)14/h9H,4-8H2,1-3H3,(H2,13,14)(H,15,16)(H,17,18). The van der Waals surface area contributed by atoms with E-state index in [1.807, 2.05) is 20.8 Å². The van der Waals surface area contributed by atoms with E-state index < -0.39 is 25.2 Å². The van der Waals surface area contributed by atoms with E-state index >= 15 is 0 Å². The van der Waals surface area contributed by atoms with Crippen molar-refractivity contribution in [1.29, 1.82) is 0 Å². The maximum Gasteiger partial charge on any atom is 0.307 e. The largest absolute Gasteiger partial charge is 0.481 e. The first-order valence-corrected chi connectivity index (χ1v) is 8.28. The van der Waals surface area contributed by atoms with E-state index in [1.165, 1.54) is 0 Å². The fourth-order valence-electron chi connectivity index (χ4n) is 1.56. The van der Waals surface area contributed by atoms with Crippen molar-refractivity contribution in [3.8, 4) is 0 Å². The van der Waals surface area contributed by atoms with Crippen molar-refractivity contribution >= 4 is 19.2 Å². The van der Waals surface area contributed by atoms with Gasteiger partial charge in [0.25, 0.3) is 0 Å². The second-order valence-electron chi connectivity index (χ2n) is 6.10. The van der Waals surface area contributed by atoms with Crippen LogP contribution in [0.15, 0.2) is 0 Å². The predicted molar refractivity (Wildman–Crippen MR) is 73.2 cm³/mol.